The van der Waals surface area contributed by atoms with E-state index < -0.39 is 11.9 Å². The lowest BCUT2D eigenvalue weighted by atomic mass is 10.0. The molecule has 2 N–H and O–H groups in total. The maximum Gasteiger partial charge on any atom is 0.255 e. The number of amides is 3. The lowest BCUT2D eigenvalue weighted by molar-refractivity contribution is -0.136. The van der Waals surface area contributed by atoms with Gasteiger partial charge in [0.2, 0.25) is 11.8 Å². The van der Waals surface area contributed by atoms with E-state index in [1.54, 1.807) is 23.4 Å². The normalized spacial score (nSPS) is 17.2. The number of nitrogens with one attached hydrogen (secondary N) is 2. The lowest BCUT2D eigenvalue weighted by Crippen LogP contribution is -2.52. The molecule has 0 saturated carbocycles. The quantitative estimate of drug-likeness (QED) is 0.360. The van der Waals surface area contributed by atoms with Crippen LogP contribution in [0, 0.1) is 0 Å². The summed E-state index contributed by atoms with van der Waals surface area (Å²) in [6, 6.07) is 16.6. The smallest absolute Gasteiger partial charge is 0.255 e. The van der Waals surface area contributed by atoms with E-state index in [9.17, 15) is 14.4 Å². The summed E-state index contributed by atoms with van der Waals surface area (Å²) in [5, 5.41) is 5.85. The molecule has 7 rings (SSSR count). The third-order valence-electron chi connectivity index (χ3n) is 7.06. The van der Waals surface area contributed by atoms with Crippen LogP contribution in [-0.4, -0.2) is 48.0 Å². The summed E-state index contributed by atoms with van der Waals surface area (Å²) >= 11 is 0. The molecular weight excluding hydrogens is 482 g/mol. The number of imide groups is 1. The molecule has 0 bridgehead atoms. The summed E-state index contributed by atoms with van der Waals surface area (Å²) < 4.78 is 1.98. The van der Waals surface area contributed by atoms with Gasteiger partial charge in [-0.15, -0.1) is 0 Å². The summed E-state index contributed by atoms with van der Waals surface area (Å²) in [4.78, 5) is 52.3. The zero-order valence-electron chi connectivity index (χ0n) is 20.1. The number of hydrogen-bond donors (Lipinski definition) is 2. The van der Waals surface area contributed by atoms with Crippen molar-refractivity contribution in [2.24, 2.45) is 0 Å². The summed E-state index contributed by atoms with van der Waals surface area (Å²) in [5.74, 6) is -0.153. The summed E-state index contributed by atoms with van der Waals surface area (Å²) in [6.07, 6.45) is 5.82. The number of piperidine rings is 1. The molecule has 1 atom stereocenters. The third-order valence-corrected chi connectivity index (χ3v) is 7.06. The average molecular weight is 504 g/mol. The topological polar surface area (TPSA) is 122 Å². The first-order chi connectivity index (χ1) is 18.5. The summed E-state index contributed by atoms with van der Waals surface area (Å²) in [5.41, 5.74) is 6.14. The second-order valence-electron chi connectivity index (χ2n) is 9.39. The van der Waals surface area contributed by atoms with Crippen LogP contribution < -0.4 is 10.6 Å². The number of carbonyl (C=O) groups is 3. The summed E-state index contributed by atoms with van der Waals surface area (Å²) in [6.45, 7) is 0.299. The summed E-state index contributed by atoms with van der Waals surface area (Å²) in [7, 11) is 0. The number of hydrogen-bond acceptors (Lipinski definition) is 7. The van der Waals surface area contributed by atoms with Gasteiger partial charge in [-0.25, -0.2) is 4.98 Å². The zero-order valence-corrected chi connectivity index (χ0v) is 20.1. The number of rotatable bonds is 4. The minimum absolute atomic E-state index is 0.202. The SMILES string of the molecule is O=C1CCC(N2Cc3cc(-c4nc5ccccn5c4Nc4ccc5nccnc5c4)ccc3C2=O)C(=O)N1. The van der Waals surface area contributed by atoms with Crippen LogP contribution in [-0.2, 0) is 16.1 Å². The molecule has 1 unspecified atom stereocenters. The maximum atomic E-state index is 13.1. The predicted molar refractivity (Wildman–Crippen MR) is 139 cm³/mol. The highest BCUT2D eigenvalue weighted by Gasteiger charge is 2.39. The predicted octanol–water partition coefficient (Wildman–Crippen LogP) is 3.45. The third kappa shape index (κ3) is 3.57. The van der Waals surface area contributed by atoms with E-state index >= 15 is 0 Å². The number of fused-ring (bicyclic) bond motifs is 3. The van der Waals surface area contributed by atoms with Crippen LogP contribution in [0.1, 0.15) is 28.8 Å². The van der Waals surface area contributed by atoms with Gasteiger partial charge in [0.25, 0.3) is 5.91 Å². The van der Waals surface area contributed by atoms with E-state index in [0.717, 1.165) is 45.0 Å². The van der Waals surface area contributed by atoms with Crippen LogP contribution >= 0.6 is 0 Å². The van der Waals surface area contributed by atoms with Gasteiger partial charge in [0.05, 0.1) is 11.0 Å². The van der Waals surface area contributed by atoms with Gasteiger partial charge in [0, 0.05) is 48.4 Å². The molecule has 2 aromatic carbocycles. The van der Waals surface area contributed by atoms with Crippen LogP contribution in [0.4, 0.5) is 11.5 Å². The molecule has 10 heteroatoms. The van der Waals surface area contributed by atoms with Crippen molar-refractivity contribution in [3.63, 3.8) is 0 Å². The second-order valence-corrected chi connectivity index (χ2v) is 9.39. The Bertz CT molecular complexity index is 1790. The van der Waals surface area contributed by atoms with Crippen molar-refractivity contribution in [1.29, 1.82) is 0 Å². The zero-order chi connectivity index (χ0) is 25.8. The number of nitrogens with zero attached hydrogens (tertiary/aromatic N) is 5. The van der Waals surface area contributed by atoms with E-state index in [4.69, 9.17) is 4.98 Å². The van der Waals surface area contributed by atoms with E-state index in [1.807, 2.05) is 59.1 Å². The van der Waals surface area contributed by atoms with Crippen LogP contribution in [0.2, 0.25) is 0 Å². The molecular formula is C28H21N7O3. The van der Waals surface area contributed by atoms with Gasteiger partial charge >= 0.3 is 0 Å². The number of pyridine rings is 1. The Kier molecular flexibility index (Phi) is 4.93. The first kappa shape index (κ1) is 22.1. The Hall–Kier alpha value is -5.12. The Morgan fingerprint density at radius 1 is 0.947 bits per heavy atom. The van der Waals surface area contributed by atoms with Gasteiger partial charge in [-0.2, -0.15) is 0 Å². The van der Waals surface area contributed by atoms with Crippen LogP contribution in [0.3, 0.4) is 0 Å². The molecule has 1 saturated heterocycles. The second kappa shape index (κ2) is 8.48. The molecule has 3 aromatic heterocycles. The fraction of sp³-hybridized carbons (Fsp3) is 0.143. The number of imidazole rings is 1. The molecule has 5 heterocycles. The van der Waals surface area contributed by atoms with Crippen molar-refractivity contribution in [3.8, 4) is 11.3 Å². The van der Waals surface area contributed by atoms with E-state index in [2.05, 4.69) is 20.6 Å². The Morgan fingerprint density at radius 3 is 2.68 bits per heavy atom. The highest BCUT2D eigenvalue weighted by Crippen LogP contribution is 2.35. The number of aromatic nitrogens is 4. The van der Waals surface area contributed by atoms with Crippen molar-refractivity contribution in [2.75, 3.05) is 5.32 Å². The highest BCUT2D eigenvalue weighted by molar-refractivity contribution is 6.05. The minimum atomic E-state index is -0.653. The first-order valence-electron chi connectivity index (χ1n) is 12.3. The first-order valence-corrected chi connectivity index (χ1v) is 12.3. The van der Waals surface area contributed by atoms with Gasteiger partial charge in [-0.3, -0.25) is 34.1 Å². The van der Waals surface area contributed by atoms with Crippen molar-refractivity contribution in [2.45, 2.75) is 25.4 Å². The van der Waals surface area contributed by atoms with Crippen molar-refractivity contribution in [1.82, 2.24) is 29.6 Å². The maximum absolute atomic E-state index is 13.1. The lowest BCUT2D eigenvalue weighted by Gasteiger charge is -2.29. The van der Waals surface area contributed by atoms with Gasteiger partial charge in [0.15, 0.2) is 0 Å². The fourth-order valence-electron chi connectivity index (χ4n) is 5.22. The van der Waals surface area contributed by atoms with Crippen LogP contribution in [0.25, 0.3) is 27.9 Å². The van der Waals surface area contributed by atoms with Crippen LogP contribution in [0.5, 0.6) is 0 Å². The molecule has 3 amide bonds. The van der Waals surface area contributed by atoms with Gasteiger partial charge < -0.3 is 10.2 Å². The van der Waals surface area contributed by atoms with E-state index in [-0.39, 0.29) is 18.2 Å². The molecule has 38 heavy (non-hydrogen) atoms. The average Bonchev–Trinajstić information content (AvgIpc) is 3.46. The van der Waals surface area contributed by atoms with Gasteiger partial charge in [-0.05, 0) is 54.4 Å². The van der Waals surface area contributed by atoms with Gasteiger partial charge in [-0.1, -0.05) is 12.1 Å². The molecule has 0 aliphatic carbocycles. The van der Waals surface area contributed by atoms with E-state index in [1.165, 1.54) is 0 Å². The molecule has 2 aliphatic rings. The Labute approximate surface area is 216 Å². The fourth-order valence-corrected chi connectivity index (χ4v) is 5.22. The monoisotopic (exact) mass is 503 g/mol. The standard InChI is InChI=1S/C28H21N7O3/c36-24-9-8-22(27(37)33-24)35-15-17-13-16(4-6-19(17)28(35)38)25-26(34-12-2-1-3-23(34)32-25)31-18-5-7-20-21(14-18)30-11-10-29-20/h1-7,10-14,22,31H,8-9,15H2,(H,33,36,37). The Morgan fingerprint density at radius 2 is 1.82 bits per heavy atom. The van der Waals surface area contributed by atoms with Crippen molar-refractivity contribution < 1.29 is 14.4 Å². The van der Waals surface area contributed by atoms with Crippen molar-refractivity contribution >= 4 is 45.9 Å². The Balaban J connectivity index is 1.26. The molecule has 1 fully saturated rings. The number of anilines is 2. The molecule has 186 valence electrons. The van der Waals surface area contributed by atoms with E-state index in [0.29, 0.717) is 18.5 Å². The highest BCUT2D eigenvalue weighted by atomic mass is 16.2. The molecule has 5 aromatic rings. The largest absolute Gasteiger partial charge is 0.339 e. The molecule has 2 aliphatic heterocycles. The molecule has 0 radical (unpaired) electrons. The van der Waals surface area contributed by atoms with Crippen LogP contribution in [0.15, 0.2) is 73.2 Å². The molecule has 10 nitrogen and oxygen atoms in total. The minimum Gasteiger partial charge on any atom is -0.339 e. The number of benzene rings is 2. The van der Waals surface area contributed by atoms with Crippen molar-refractivity contribution in [3.05, 3.63) is 84.3 Å². The number of carbonyl (C=O) groups excluding carboxylic acids is 3. The van der Waals surface area contributed by atoms with Gasteiger partial charge in [0.1, 0.15) is 23.2 Å². The molecule has 0 spiro atoms.